The molecule has 0 radical (unpaired) electrons. The number of nitrogens with zero attached hydrogens (tertiary/aromatic N) is 1. The first kappa shape index (κ1) is 15.2. The molecule has 4 nitrogen and oxygen atoms in total. The molecule has 1 aliphatic heterocycles. The highest BCUT2D eigenvalue weighted by Gasteiger charge is 2.29. The molecule has 0 bridgehead atoms. The van der Waals surface area contributed by atoms with Crippen LogP contribution in [0.3, 0.4) is 0 Å². The first-order chi connectivity index (χ1) is 8.97. The highest BCUT2D eigenvalue weighted by Crippen LogP contribution is 2.23. The summed E-state index contributed by atoms with van der Waals surface area (Å²) < 4.78 is 11.9. The van der Waals surface area contributed by atoms with Crippen molar-refractivity contribution in [1.82, 2.24) is 10.2 Å². The number of ether oxygens (including phenoxy) is 2. The number of rotatable bonds is 8. The Morgan fingerprint density at radius 3 is 2.47 bits per heavy atom. The summed E-state index contributed by atoms with van der Waals surface area (Å²) in [4.78, 5) is 2.20. The SMILES string of the molecule is CN(C)C(C)(C)COCC1CCC(CNC2CC2)O1. The van der Waals surface area contributed by atoms with Crippen LogP contribution in [0, 0.1) is 0 Å². The standard InChI is InChI=1S/C15H30N2O2/c1-15(2,17(3)4)11-18-10-14-8-7-13(19-14)9-16-12-5-6-12/h12-14,16H,5-11H2,1-4H3. The molecule has 2 rings (SSSR count). The lowest BCUT2D eigenvalue weighted by Gasteiger charge is -2.32. The predicted molar refractivity (Wildman–Crippen MR) is 77.5 cm³/mol. The summed E-state index contributed by atoms with van der Waals surface area (Å²) in [7, 11) is 4.18. The number of hydrogen-bond donors (Lipinski definition) is 1. The second kappa shape index (κ2) is 6.53. The fourth-order valence-electron chi connectivity index (χ4n) is 2.21. The minimum absolute atomic E-state index is 0.0888. The average Bonchev–Trinajstić information content (AvgIpc) is 3.06. The van der Waals surface area contributed by atoms with Crippen molar-refractivity contribution < 1.29 is 9.47 Å². The lowest BCUT2D eigenvalue weighted by Crippen LogP contribution is -2.43. The van der Waals surface area contributed by atoms with Crippen molar-refractivity contribution in [1.29, 1.82) is 0 Å². The van der Waals surface area contributed by atoms with Crippen LogP contribution in [0.15, 0.2) is 0 Å². The average molecular weight is 270 g/mol. The van der Waals surface area contributed by atoms with E-state index in [9.17, 15) is 0 Å². The van der Waals surface area contributed by atoms with Gasteiger partial charge in [0, 0.05) is 18.1 Å². The van der Waals surface area contributed by atoms with Gasteiger partial charge in [0.15, 0.2) is 0 Å². The molecule has 0 amide bonds. The maximum absolute atomic E-state index is 6.01. The van der Waals surface area contributed by atoms with Gasteiger partial charge in [-0.05, 0) is 53.6 Å². The fraction of sp³-hybridized carbons (Fsp3) is 1.00. The zero-order valence-electron chi connectivity index (χ0n) is 12.9. The minimum Gasteiger partial charge on any atom is -0.377 e. The van der Waals surface area contributed by atoms with Crippen molar-refractivity contribution in [3.63, 3.8) is 0 Å². The first-order valence-electron chi connectivity index (χ1n) is 7.61. The van der Waals surface area contributed by atoms with Crippen molar-refractivity contribution in [3.05, 3.63) is 0 Å². The van der Waals surface area contributed by atoms with Crippen LogP contribution in [0.2, 0.25) is 0 Å². The molecule has 1 saturated carbocycles. The maximum Gasteiger partial charge on any atom is 0.0813 e. The van der Waals surface area contributed by atoms with Crippen LogP contribution in [-0.2, 0) is 9.47 Å². The summed E-state index contributed by atoms with van der Waals surface area (Å²) in [5.41, 5.74) is 0.0888. The number of likely N-dealkylation sites (N-methyl/N-ethyl adjacent to an activating group) is 1. The number of nitrogens with one attached hydrogen (secondary N) is 1. The van der Waals surface area contributed by atoms with Gasteiger partial charge in [-0.25, -0.2) is 0 Å². The highest BCUT2D eigenvalue weighted by molar-refractivity contribution is 4.84. The molecule has 0 aromatic heterocycles. The van der Waals surface area contributed by atoms with Crippen molar-refractivity contribution in [2.24, 2.45) is 0 Å². The Labute approximate surface area is 117 Å². The van der Waals surface area contributed by atoms with Crippen molar-refractivity contribution in [2.75, 3.05) is 33.9 Å². The zero-order valence-corrected chi connectivity index (χ0v) is 12.9. The maximum atomic E-state index is 6.01. The zero-order chi connectivity index (χ0) is 13.9. The van der Waals surface area contributed by atoms with Gasteiger partial charge in [-0.3, -0.25) is 0 Å². The van der Waals surface area contributed by atoms with E-state index in [-0.39, 0.29) is 5.54 Å². The first-order valence-corrected chi connectivity index (χ1v) is 7.61. The summed E-state index contributed by atoms with van der Waals surface area (Å²) in [6.07, 6.45) is 5.70. The Kier molecular flexibility index (Phi) is 5.23. The van der Waals surface area contributed by atoms with E-state index in [0.29, 0.717) is 12.2 Å². The van der Waals surface area contributed by atoms with Crippen LogP contribution in [0.5, 0.6) is 0 Å². The van der Waals surface area contributed by atoms with E-state index >= 15 is 0 Å². The van der Waals surface area contributed by atoms with E-state index in [1.54, 1.807) is 0 Å². The van der Waals surface area contributed by atoms with Gasteiger partial charge in [-0.15, -0.1) is 0 Å². The molecular formula is C15H30N2O2. The summed E-state index contributed by atoms with van der Waals surface area (Å²) in [6, 6.07) is 0.778. The second-order valence-corrected chi connectivity index (χ2v) is 6.86. The van der Waals surface area contributed by atoms with Crippen molar-refractivity contribution >= 4 is 0 Å². The third-order valence-electron chi connectivity index (χ3n) is 4.38. The van der Waals surface area contributed by atoms with E-state index in [4.69, 9.17) is 9.47 Å². The lowest BCUT2D eigenvalue weighted by molar-refractivity contribution is -0.0376. The monoisotopic (exact) mass is 270 g/mol. The molecule has 2 unspecified atom stereocenters. The molecule has 2 aliphatic rings. The molecule has 1 N–H and O–H groups in total. The molecule has 112 valence electrons. The Morgan fingerprint density at radius 2 is 1.84 bits per heavy atom. The van der Waals surface area contributed by atoms with E-state index in [0.717, 1.165) is 32.2 Å². The topological polar surface area (TPSA) is 33.7 Å². The van der Waals surface area contributed by atoms with Gasteiger partial charge in [0.2, 0.25) is 0 Å². The van der Waals surface area contributed by atoms with E-state index < -0.39 is 0 Å². The van der Waals surface area contributed by atoms with Crippen molar-refractivity contribution in [3.8, 4) is 0 Å². The van der Waals surface area contributed by atoms with Crippen LogP contribution in [0.1, 0.15) is 39.5 Å². The Bertz CT molecular complexity index is 277. The van der Waals surface area contributed by atoms with Gasteiger partial charge < -0.3 is 19.7 Å². The fourth-order valence-corrected chi connectivity index (χ4v) is 2.21. The Balaban J connectivity index is 1.56. The molecule has 1 saturated heterocycles. The minimum atomic E-state index is 0.0888. The highest BCUT2D eigenvalue weighted by atomic mass is 16.5. The molecule has 0 aromatic rings. The lowest BCUT2D eigenvalue weighted by atomic mass is 10.1. The van der Waals surface area contributed by atoms with Gasteiger partial charge in [0.25, 0.3) is 0 Å². The molecular weight excluding hydrogens is 240 g/mol. The van der Waals surface area contributed by atoms with Crippen LogP contribution < -0.4 is 5.32 Å². The Hall–Kier alpha value is -0.160. The summed E-state index contributed by atoms with van der Waals surface area (Å²) in [5, 5.41) is 3.54. The normalized spacial score (nSPS) is 28.3. The molecule has 1 aliphatic carbocycles. The smallest absolute Gasteiger partial charge is 0.0813 e. The van der Waals surface area contributed by atoms with Crippen LogP contribution in [0.4, 0.5) is 0 Å². The second-order valence-electron chi connectivity index (χ2n) is 6.86. The summed E-state index contributed by atoms with van der Waals surface area (Å²) in [5.74, 6) is 0. The van der Waals surface area contributed by atoms with Gasteiger partial charge in [0.05, 0.1) is 25.4 Å². The molecule has 2 fully saturated rings. The van der Waals surface area contributed by atoms with Crippen LogP contribution >= 0.6 is 0 Å². The van der Waals surface area contributed by atoms with Crippen LogP contribution in [0.25, 0.3) is 0 Å². The van der Waals surface area contributed by atoms with E-state index in [1.165, 1.54) is 19.3 Å². The van der Waals surface area contributed by atoms with Gasteiger partial charge in [-0.2, -0.15) is 0 Å². The molecule has 19 heavy (non-hydrogen) atoms. The van der Waals surface area contributed by atoms with Gasteiger partial charge >= 0.3 is 0 Å². The summed E-state index contributed by atoms with van der Waals surface area (Å²) in [6.45, 7) is 6.90. The van der Waals surface area contributed by atoms with Gasteiger partial charge in [-0.1, -0.05) is 0 Å². The number of hydrogen-bond acceptors (Lipinski definition) is 4. The molecule has 4 heteroatoms. The quantitative estimate of drug-likeness (QED) is 0.727. The molecule has 2 atom stereocenters. The molecule has 1 heterocycles. The third-order valence-corrected chi connectivity index (χ3v) is 4.38. The van der Waals surface area contributed by atoms with E-state index in [1.807, 2.05) is 0 Å². The Morgan fingerprint density at radius 1 is 1.16 bits per heavy atom. The van der Waals surface area contributed by atoms with Crippen LogP contribution in [-0.4, -0.2) is 62.5 Å². The largest absolute Gasteiger partial charge is 0.377 e. The molecule has 0 aromatic carbocycles. The molecule has 0 spiro atoms. The summed E-state index contributed by atoms with van der Waals surface area (Å²) >= 11 is 0. The van der Waals surface area contributed by atoms with Gasteiger partial charge in [0.1, 0.15) is 0 Å². The van der Waals surface area contributed by atoms with Crippen molar-refractivity contribution in [2.45, 2.75) is 63.3 Å². The predicted octanol–water partition coefficient (Wildman–Crippen LogP) is 1.64. The third kappa shape index (κ3) is 5.03. The van der Waals surface area contributed by atoms with E-state index in [2.05, 4.69) is 38.2 Å².